The largest absolute Gasteiger partial charge is 0.454 e. The number of halogens is 1. The molecule has 0 radical (unpaired) electrons. The van der Waals surface area contributed by atoms with E-state index in [2.05, 4.69) is 27.7 Å². The van der Waals surface area contributed by atoms with Crippen LogP contribution in [-0.4, -0.2) is 44.7 Å². The molecule has 2 aromatic rings. The number of benzene rings is 1. The van der Waals surface area contributed by atoms with Crippen molar-refractivity contribution in [3.63, 3.8) is 0 Å². The lowest BCUT2D eigenvalue weighted by atomic mass is 9.86. The number of carbonyl (C=O) groups excluding carboxylic acids is 2. The fourth-order valence-electron chi connectivity index (χ4n) is 3.11. The number of esters is 1. The molecule has 1 aliphatic carbocycles. The average Bonchev–Trinajstić information content (AvgIpc) is 3.11. The quantitative estimate of drug-likeness (QED) is 0.758. The van der Waals surface area contributed by atoms with Gasteiger partial charge in [0.2, 0.25) is 5.82 Å². The number of rotatable bonds is 6. The van der Waals surface area contributed by atoms with E-state index in [4.69, 9.17) is 16.3 Å². The number of nitrogens with zero attached hydrogens (tertiary/aromatic N) is 4. The number of nitrogens with one attached hydrogen (secondary N) is 1. The smallest absolute Gasteiger partial charge is 0.330 e. The van der Waals surface area contributed by atoms with Gasteiger partial charge in [-0.05, 0) is 48.2 Å². The molecule has 1 heterocycles. The van der Waals surface area contributed by atoms with Gasteiger partial charge in [0, 0.05) is 16.6 Å². The second kappa shape index (κ2) is 8.94. The lowest BCUT2D eigenvalue weighted by molar-refractivity contribution is -0.149. The Morgan fingerprint density at radius 2 is 2.00 bits per heavy atom. The van der Waals surface area contributed by atoms with Gasteiger partial charge in [-0.2, -0.15) is 4.80 Å². The van der Waals surface area contributed by atoms with Crippen molar-refractivity contribution in [1.29, 1.82) is 0 Å². The van der Waals surface area contributed by atoms with Gasteiger partial charge in [-0.3, -0.25) is 4.79 Å². The Morgan fingerprint density at radius 3 is 2.74 bits per heavy atom. The van der Waals surface area contributed by atoms with Crippen LogP contribution < -0.4 is 5.32 Å². The first-order valence-electron chi connectivity index (χ1n) is 9.00. The molecule has 0 unspecified atom stereocenters. The molecule has 27 heavy (non-hydrogen) atoms. The molecule has 0 saturated heterocycles. The number of hydrogen-bond donors (Lipinski definition) is 1. The zero-order valence-corrected chi connectivity index (χ0v) is 15.9. The summed E-state index contributed by atoms with van der Waals surface area (Å²) in [5, 5.41) is 15.4. The number of aromatic nitrogens is 4. The SMILES string of the molecule is C[C@H]1CCCC[C@@H]1NC(=O)COC(=O)Cn1nnc(-c2ccc(Cl)cc2)n1. The molecule has 1 saturated carbocycles. The summed E-state index contributed by atoms with van der Waals surface area (Å²) in [7, 11) is 0. The van der Waals surface area contributed by atoms with Crippen LogP contribution >= 0.6 is 11.6 Å². The molecule has 1 aromatic heterocycles. The van der Waals surface area contributed by atoms with Gasteiger partial charge in [0.1, 0.15) is 0 Å². The number of amides is 1. The fourth-order valence-corrected chi connectivity index (χ4v) is 3.24. The van der Waals surface area contributed by atoms with Crippen LogP contribution in [0.25, 0.3) is 11.4 Å². The summed E-state index contributed by atoms with van der Waals surface area (Å²) in [6.07, 6.45) is 4.39. The first kappa shape index (κ1) is 19.3. The summed E-state index contributed by atoms with van der Waals surface area (Å²) in [5.74, 6) is -0.0510. The molecule has 1 N–H and O–H groups in total. The average molecular weight is 392 g/mol. The maximum Gasteiger partial charge on any atom is 0.330 e. The number of hydrogen-bond acceptors (Lipinski definition) is 6. The van der Waals surface area contributed by atoms with Crippen molar-refractivity contribution >= 4 is 23.5 Å². The van der Waals surface area contributed by atoms with Gasteiger partial charge in [-0.15, -0.1) is 10.2 Å². The van der Waals surface area contributed by atoms with E-state index < -0.39 is 5.97 Å². The Labute approximate surface area is 162 Å². The van der Waals surface area contributed by atoms with Crippen LogP contribution in [0.5, 0.6) is 0 Å². The van der Waals surface area contributed by atoms with Crippen molar-refractivity contribution in [1.82, 2.24) is 25.5 Å². The molecule has 8 nitrogen and oxygen atoms in total. The topological polar surface area (TPSA) is 99.0 Å². The van der Waals surface area contributed by atoms with Crippen molar-refractivity contribution in [3.05, 3.63) is 29.3 Å². The minimum atomic E-state index is -0.595. The van der Waals surface area contributed by atoms with Crippen LogP contribution in [0.4, 0.5) is 0 Å². The van der Waals surface area contributed by atoms with Crippen molar-refractivity contribution in [2.75, 3.05) is 6.61 Å². The minimum absolute atomic E-state index is 0.156. The molecule has 1 aliphatic rings. The minimum Gasteiger partial charge on any atom is -0.454 e. The Kier molecular flexibility index (Phi) is 6.39. The van der Waals surface area contributed by atoms with E-state index >= 15 is 0 Å². The van der Waals surface area contributed by atoms with Gasteiger partial charge < -0.3 is 10.1 Å². The molecule has 9 heteroatoms. The van der Waals surface area contributed by atoms with Crippen LogP contribution in [0.15, 0.2) is 24.3 Å². The van der Waals surface area contributed by atoms with E-state index in [1.807, 2.05) is 0 Å². The van der Waals surface area contributed by atoms with Crippen molar-refractivity contribution < 1.29 is 14.3 Å². The number of ether oxygens (including phenoxy) is 1. The third-order valence-electron chi connectivity index (χ3n) is 4.65. The third-order valence-corrected chi connectivity index (χ3v) is 4.90. The summed E-state index contributed by atoms with van der Waals surface area (Å²) in [6, 6.07) is 7.12. The summed E-state index contributed by atoms with van der Waals surface area (Å²) in [6.45, 7) is 1.61. The lowest BCUT2D eigenvalue weighted by Gasteiger charge is -2.29. The normalized spacial score (nSPS) is 19.5. The van der Waals surface area contributed by atoms with E-state index in [1.54, 1.807) is 24.3 Å². The summed E-state index contributed by atoms with van der Waals surface area (Å²) in [5.41, 5.74) is 0.736. The van der Waals surface area contributed by atoms with E-state index in [-0.39, 0.29) is 25.1 Å². The second-order valence-corrected chi connectivity index (χ2v) is 7.18. The van der Waals surface area contributed by atoms with Crippen LogP contribution in [0.1, 0.15) is 32.6 Å². The van der Waals surface area contributed by atoms with Gasteiger partial charge in [-0.1, -0.05) is 31.4 Å². The van der Waals surface area contributed by atoms with E-state index in [1.165, 1.54) is 6.42 Å². The summed E-state index contributed by atoms with van der Waals surface area (Å²) in [4.78, 5) is 25.0. The Balaban J connectivity index is 1.45. The van der Waals surface area contributed by atoms with Crippen molar-refractivity contribution in [2.24, 2.45) is 5.92 Å². The Morgan fingerprint density at radius 1 is 1.26 bits per heavy atom. The number of tetrazole rings is 1. The highest BCUT2D eigenvalue weighted by molar-refractivity contribution is 6.30. The summed E-state index contributed by atoms with van der Waals surface area (Å²) >= 11 is 5.85. The van der Waals surface area contributed by atoms with Crippen LogP contribution in [0.2, 0.25) is 5.02 Å². The lowest BCUT2D eigenvalue weighted by Crippen LogP contribution is -2.43. The molecule has 0 bridgehead atoms. The first-order chi connectivity index (χ1) is 13.0. The van der Waals surface area contributed by atoms with Crippen molar-refractivity contribution in [2.45, 2.75) is 45.2 Å². The monoisotopic (exact) mass is 391 g/mol. The van der Waals surface area contributed by atoms with Gasteiger partial charge in [0.05, 0.1) is 0 Å². The molecule has 2 atom stereocenters. The van der Waals surface area contributed by atoms with Gasteiger partial charge in [0.15, 0.2) is 13.2 Å². The molecule has 1 fully saturated rings. The fraction of sp³-hybridized carbons (Fsp3) is 0.500. The van der Waals surface area contributed by atoms with E-state index in [0.29, 0.717) is 16.8 Å². The van der Waals surface area contributed by atoms with Gasteiger partial charge >= 0.3 is 5.97 Å². The predicted octanol–water partition coefficient (Wildman–Crippen LogP) is 2.23. The maximum atomic E-state index is 12.0. The molecular formula is C18H22ClN5O3. The van der Waals surface area contributed by atoms with Crippen LogP contribution in [0.3, 0.4) is 0 Å². The van der Waals surface area contributed by atoms with Crippen LogP contribution in [0, 0.1) is 5.92 Å². The zero-order chi connectivity index (χ0) is 19.2. The van der Waals surface area contributed by atoms with Gasteiger partial charge in [0.25, 0.3) is 5.91 Å². The van der Waals surface area contributed by atoms with Crippen molar-refractivity contribution in [3.8, 4) is 11.4 Å². The molecule has 0 aliphatic heterocycles. The molecule has 144 valence electrons. The number of carbonyl (C=O) groups is 2. The highest BCUT2D eigenvalue weighted by Gasteiger charge is 2.23. The molecule has 3 rings (SSSR count). The zero-order valence-electron chi connectivity index (χ0n) is 15.1. The third kappa shape index (κ3) is 5.50. The van der Waals surface area contributed by atoms with Crippen LogP contribution in [-0.2, 0) is 20.9 Å². The predicted molar refractivity (Wildman–Crippen MR) is 98.8 cm³/mol. The van der Waals surface area contributed by atoms with Gasteiger partial charge in [-0.25, -0.2) is 4.79 Å². The first-order valence-corrected chi connectivity index (χ1v) is 9.38. The molecular weight excluding hydrogens is 370 g/mol. The Bertz CT molecular complexity index is 793. The summed E-state index contributed by atoms with van der Waals surface area (Å²) < 4.78 is 5.02. The highest BCUT2D eigenvalue weighted by Crippen LogP contribution is 2.23. The Hall–Kier alpha value is -2.48. The molecule has 1 aromatic carbocycles. The van der Waals surface area contributed by atoms with E-state index in [0.717, 1.165) is 29.6 Å². The second-order valence-electron chi connectivity index (χ2n) is 6.75. The maximum absolute atomic E-state index is 12.0. The standard InChI is InChI=1S/C18H22ClN5O3/c1-12-4-2-3-5-15(12)20-16(25)11-27-17(26)10-24-22-18(21-23-24)13-6-8-14(19)9-7-13/h6-9,12,15H,2-5,10-11H2,1H3,(H,20,25)/t12-,15-/m0/s1. The molecule has 1 amide bonds. The van der Waals surface area contributed by atoms with E-state index in [9.17, 15) is 9.59 Å². The molecule has 0 spiro atoms. The highest BCUT2D eigenvalue weighted by atomic mass is 35.5.